The highest BCUT2D eigenvalue weighted by Crippen LogP contribution is 2.24. The van der Waals surface area contributed by atoms with E-state index in [1.165, 1.54) is 24.8 Å². The van der Waals surface area contributed by atoms with Crippen molar-refractivity contribution in [3.05, 3.63) is 70.7 Å². The molecular weight excluding hydrogens is 318 g/mol. The Labute approximate surface area is 150 Å². The van der Waals surface area contributed by atoms with Crippen LogP contribution < -0.4 is 0 Å². The molecule has 2 nitrogen and oxygen atoms in total. The molecular formula is C21H26ClNO. The van der Waals surface area contributed by atoms with Gasteiger partial charge < -0.3 is 10.0 Å². The van der Waals surface area contributed by atoms with Gasteiger partial charge in [0.1, 0.15) is 0 Å². The minimum atomic E-state index is -0.435. The largest absolute Gasteiger partial charge is 0.387 e. The van der Waals surface area contributed by atoms with E-state index in [0.29, 0.717) is 11.6 Å². The van der Waals surface area contributed by atoms with E-state index in [9.17, 15) is 5.11 Å². The molecule has 128 valence electrons. The Balaban J connectivity index is 1.49. The Bertz CT molecular complexity index is 613. The van der Waals surface area contributed by atoms with Crippen LogP contribution in [0.5, 0.6) is 0 Å². The predicted octanol–water partition coefficient (Wildman–Crippen LogP) is 4.72. The second-order valence-corrected chi connectivity index (χ2v) is 7.30. The topological polar surface area (TPSA) is 23.5 Å². The molecule has 1 N–H and O–H groups in total. The number of aliphatic hydroxyl groups is 1. The van der Waals surface area contributed by atoms with Crippen LogP contribution in [0.3, 0.4) is 0 Å². The Morgan fingerprint density at radius 1 is 1.08 bits per heavy atom. The predicted molar refractivity (Wildman–Crippen MR) is 100 cm³/mol. The van der Waals surface area contributed by atoms with Gasteiger partial charge in [-0.25, -0.2) is 0 Å². The average Bonchev–Trinajstić information content (AvgIpc) is 2.62. The summed E-state index contributed by atoms with van der Waals surface area (Å²) in [6.07, 6.45) is 4.49. The maximum absolute atomic E-state index is 10.5. The van der Waals surface area contributed by atoms with E-state index in [-0.39, 0.29) is 0 Å². The summed E-state index contributed by atoms with van der Waals surface area (Å²) in [7, 11) is 0. The summed E-state index contributed by atoms with van der Waals surface area (Å²) in [5.74, 6) is 0.733. The van der Waals surface area contributed by atoms with Gasteiger partial charge in [-0.05, 0) is 61.4 Å². The first kappa shape index (κ1) is 17.5. The molecule has 2 aromatic rings. The van der Waals surface area contributed by atoms with Crippen LogP contribution in [0.2, 0.25) is 5.02 Å². The van der Waals surface area contributed by atoms with E-state index in [0.717, 1.165) is 31.0 Å². The van der Waals surface area contributed by atoms with Gasteiger partial charge in [-0.1, -0.05) is 54.1 Å². The number of likely N-dealkylation sites (tertiary alicyclic amines) is 1. The third-order valence-electron chi connectivity index (χ3n) is 4.97. The first-order valence-corrected chi connectivity index (χ1v) is 9.28. The molecule has 0 radical (unpaired) electrons. The van der Waals surface area contributed by atoms with Crippen molar-refractivity contribution in [1.82, 2.24) is 4.90 Å². The van der Waals surface area contributed by atoms with Gasteiger partial charge in [0.05, 0.1) is 6.10 Å². The molecule has 1 aliphatic heterocycles. The van der Waals surface area contributed by atoms with Crippen molar-refractivity contribution in [2.24, 2.45) is 5.92 Å². The number of piperidine rings is 1. The molecule has 0 spiro atoms. The highest BCUT2D eigenvalue weighted by Gasteiger charge is 2.22. The zero-order chi connectivity index (χ0) is 16.8. The summed E-state index contributed by atoms with van der Waals surface area (Å²) < 4.78 is 0. The number of hydrogen-bond acceptors (Lipinski definition) is 2. The fourth-order valence-corrected chi connectivity index (χ4v) is 3.73. The van der Waals surface area contributed by atoms with Gasteiger partial charge in [0.15, 0.2) is 0 Å². The monoisotopic (exact) mass is 343 g/mol. The van der Waals surface area contributed by atoms with Crippen LogP contribution in [-0.4, -0.2) is 29.6 Å². The fraction of sp³-hybridized carbons (Fsp3) is 0.429. The van der Waals surface area contributed by atoms with Crippen molar-refractivity contribution in [1.29, 1.82) is 0 Å². The van der Waals surface area contributed by atoms with Crippen molar-refractivity contribution >= 4 is 11.6 Å². The molecule has 0 aromatic heterocycles. The van der Waals surface area contributed by atoms with Crippen LogP contribution >= 0.6 is 11.6 Å². The van der Waals surface area contributed by atoms with E-state index in [1.807, 2.05) is 24.3 Å². The molecule has 0 bridgehead atoms. The van der Waals surface area contributed by atoms with Gasteiger partial charge in [0, 0.05) is 18.1 Å². The number of hydrogen-bond donors (Lipinski definition) is 1. The van der Waals surface area contributed by atoms with Gasteiger partial charge in [-0.15, -0.1) is 0 Å². The second-order valence-electron chi connectivity index (χ2n) is 6.86. The highest BCUT2D eigenvalue weighted by molar-refractivity contribution is 6.30. The summed E-state index contributed by atoms with van der Waals surface area (Å²) >= 11 is 5.92. The van der Waals surface area contributed by atoms with Gasteiger partial charge in [0.25, 0.3) is 0 Å². The zero-order valence-corrected chi connectivity index (χ0v) is 14.8. The molecule has 0 saturated carbocycles. The van der Waals surface area contributed by atoms with Crippen LogP contribution in [-0.2, 0) is 6.42 Å². The molecule has 1 aliphatic rings. The second kappa shape index (κ2) is 8.66. The van der Waals surface area contributed by atoms with E-state index in [1.54, 1.807) is 0 Å². The van der Waals surface area contributed by atoms with Crippen molar-refractivity contribution in [2.45, 2.75) is 31.8 Å². The molecule has 0 unspecified atom stereocenters. The first-order chi connectivity index (χ1) is 11.7. The molecule has 0 amide bonds. The third-order valence-corrected chi connectivity index (χ3v) is 5.23. The zero-order valence-electron chi connectivity index (χ0n) is 14.1. The third kappa shape index (κ3) is 5.07. The number of aliphatic hydroxyl groups excluding tert-OH is 1. The minimum absolute atomic E-state index is 0.435. The van der Waals surface area contributed by atoms with Crippen LogP contribution in [0.15, 0.2) is 54.6 Å². The van der Waals surface area contributed by atoms with Crippen LogP contribution in [0.1, 0.15) is 36.5 Å². The minimum Gasteiger partial charge on any atom is -0.387 e. The van der Waals surface area contributed by atoms with Crippen molar-refractivity contribution < 1.29 is 5.11 Å². The number of rotatable bonds is 6. The smallest absolute Gasteiger partial charge is 0.0916 e. The van der Waals surface area contributed by atoms with Crippen molar-refractivity contribution in [3.63, 3.8) is 0 Å². The lowest BCUT2D eigenvalue weighted by Gasteiger charge is -2.34. The number of nitrogens with zero attached hydrogens (tertiary/aromatic N) is 1. The molecule has 1 fully saturated rings. The van der Waals surface area contributed by atoms with E-state index >= 15 is 0 Å². The first-order valence-electron chi connectivity index (χ1n) is 8.90. The van der Waals surface area contributed by atoms with Crippen LogP contribution in [0.4, 0.5) is 0 Å². The maximum Gasteiger partial charge on any atom is 0.0916 e. The summed E-state index contributed by atoms with van der Waals surface area (Å²) in [5, 5.41) is 11.2. The molecule has 2 aromatic carbocycles. The average molecular weight is 344 g/mol. The van der Waals surface area contributed by atoms with Gasteiger partial charge in [-0.3, -0.25) is 0 Å². The lowest BCUT2D eigenvalue weighted by molar-refractivity contribution is 0.0827. The molecule has 0 aliphatic carbocycles. The number of β-amino-alcohol motifs (C(OH)–C–C–N with tert-alkyl or cyclic N) is 1. The van der Waals surface area contributed by atoms with Crippen LogP contribution in [0, 0.1) is 5.92 Å². The normalized spacial score (nSPS) is 20.0. The fourth-order valence-electron chi connectivity index (χ4n) is 3.60. The van der Waals surface area contributed by atoms with Gasteiger partial charge in [0.2, 0.25) is 0 Å². The highest BCUT2D eigenvalue weighted by atomic mass is 35.5. The Kier molecular flexibility index (Phi) is 6.30. The standard InChI is InChI=1S/C21H26ClNO/c22-20-12-10-19(11-13-20)21(24)16-23-14-4-7-18(15-23)9-8-17-5-2-1-3-6-17/h1-3,5-6,10-13,18,21,24H,4,7-9,14-16H2/t18-,21+/m0/s1. The Hall–Kier alpha value is -1.35. The van der Waals surface area contributed by atoms with Crippen LogP contribution in [0.25, 0.3) is 0 Å². The number of aryl methyl sites for hydroxylation is 1. The van der Waals surface area contributed by atoms with Gasteiger partial charge >= 0.3 is 0 Å². The Morgan fingerprint density at radius 3 is 2.58 bits per heavy atom. The molecule has 3 rings (SSSR count). The molecule has 1 saturated heterocycles. The summed E-state index contributed by atoms with van der Waals surface area (Å²) in [4.78, 5) is 2.42. The van der Waals surface area contributed by atoms with Gasteiger partial charge in [-0.2, -0.15) is 0 Å². The summed E-state index contributed by atoms with van der Waals surface area (Å²) in [6.45, 7) is 2.90. The Morgan fingerprint density at radius 2 is 1.83 bits per heavy atom. The summed E-state index contributed by atoms with van der Waals surface area (Å²) in [5.41, 5.74) is 2.38. The number of benzene rings is 2. The van der Waals surface area contributed by atoms with E-state index in [2.05, 4.69) is 35.2 Å². The maximum atomic E-state index is 10.5. The number of halogens is 1. The summed E-state index contributed by atoms with van der Waals surface area (Å²) in [6, 6.07) is 18.3. The van der Waals surface area contributed by atoms with E-state index in [4.69, 9.17) is 11.6 Å². The van der Waals surface area contributed by atoms with Crippen molar-refractivity contribution in [3.8, 4) is 0 Å². The quantitative estimate of drug-likeness (QED) is 0.820. The lowest BCUT2D eigenvalue weighted by atomic mass is 9.91. The molecule has 2 atom stereocenters. The lowest BCUT2D eigenvalue weighted by Crippen LogP contribution is -2.38. The van der Waals surface area contributed by atoms with Crippen molar-refractivity contribution in [2.75, 3.05) is 19.6 Å². The van der Waals surface area contributed by atoms with E-state index < -0.39 is 6.10 Å². The molecule has 24 heavy (non-hydrogen) atoms. The SMILES string of the molecule is O[C@H](CN1CCC[C@@H](CCc2ccccc2)C1)c1ccc(Cl)cc1. The molecule has 1 heterocycles. The molecule has 3 heteroatoms.